The number of anilines is 2. The first-order chi connectivity index (χ1) is 14.6. The van der Waals surface area contributed by atoms with Crippen LogP contribution in [0.4, 0.5) is 11.5 Å². The second-order valence-electron chi connectivity index (χ2n) is 7.07. The van der Waals surface area contributed by atoms with Gasteiger partial charge in [0.1, 0.15) is 22.8 Å². The Bertz CT molecular complexity index is 1230. The summed E-state index contributed by atoms with van der Waals surface area (Å²) in [6, 6.07) is 10.7. The van der Waals surface area contributed by atoms with Crippen molar-refractivity contribution >= 4 is 29.0 Å². The molecule has 3 aromatic heterocycles. The van der Waals surface area contributed by atoms with E-state index in [1.165, 1.54) is 12.5 Å². The highest BCUT2D eigenvalue weighted by molar-refractivity contribution is 6.02. The van der Waals surface area contributed by atoms with Crippen LogP contribution in [-0.2, 0) is 4.79 Å². The lowest BCUT2D eigenvalue weighted by molar-refractivity contribution is -0.117. The number of aromatic amines is 1. The molecule has 30 heavy (non-hydrogen) atoms. The molecule has 1 aliphatic rings. The fraction of sp³-hybridized carbons (Fsp3) is 0.143. The van der Waals surface area contributed by atoms with Gasteiger partial charge in [0.15, 0.2) is 5.82 Å². The molecule has 2 amide bonds. The standard InChI is InChI=1S/C21H18N6O3/c28-20(13-4-5-13)26-18-11-27-10-16(6-7-19(27)25-18)30-15-3-1-2-14(8-15)24-21(29)17-9-22-12-23-17/h1-3,6-13H,4-5H2,(H,22,23)(H,24,29)(H,26,28). The number of benzene rings is 1. The summed E-state index contributed by atoms with van der Waals surface area (Å²) in [5.41, 5.74) is 1.67. The summed E-state index contributed by atoms with van der Waals surface area (Å²) in [6.07, 6.45) is 8.33. The number of nitrogens with zero attached hydrogens (tertiary/aromatic N) is 3. The Labute approximate surface area is 171 Å². The predicted molar refractivity (Wildman–Crippen MR) is 110 cm³/mol. The van der Waals surface area contributed by atoms with Crippen LogP contribution >= 0.6 is 0 Å². The molecule has 1 aromatic carbocycles. The topological polar surface area (TPSA) is 113 Å². The molecule has 0 radical (unpaired) electrons. The average molecular weight is 402 g/mol. The van der Waals surface area contributed by atoms with Crippen LogP contribution < -0.4 is 15.4 Å². The van der Waals surface area contributed by atoms with Crippen LogP contribution in [0.5, 0.6) is 11.5 Å². The highest BCUT2D eigenvalue weighted by atomic mass is 16.5. The highest BCUT2D eigenvalue weighted by Gasteiger charge is 2.30. The summed E-state index contributed by atoms with van der Waals surface area (Å²) in [7, 11) is 0. The van der Waals surface area contributed by atoms with E-state index in [-0.39, 0.29) is 17.7 Å². The molecule has 0 spiro atoms. The Morgan fingerprint density at radius 2 is 2.00 bits per heavy atom. The van der Waals surface area contributed by atoms with Crippen LogP contribution in [0.2, 0.25) is 0 Å². The zero-order valence-corrected chi connectivity index (χ0v) is 15.8. The summed E-state index contributed by atoms with van der Waals surface area (Å²) in [4.78, 5) is 35.1. The van der Waals surface area contributed by atoms with Gasteiger partial charge < -0.3 is 24.8 Å². The molecule has 1 fully saturated rings. The number of carbonyl (C=O) groups excluding carboxylic acids is 2. The summed E-state index contributed by atoms with van der Waals surface area (Å²) >= 11 is 0. The molecule has 150 valence electrons. The normalized spacial score (nSPS) is 13.2. The zero-order valence-electron chi connectivity index (χ0n) is 15.8. The van der Waals surface area contributed by atoms with E-state index < -0.39 is 0 Å². The number of aromatic nitrogens is 4. The Morgan fingerprint density at radius 1 is 1.10 bits per heavy atom. The van der Waals surface area contributed by atoms with Crippen LogP contribution in [0.15, 0.2) is 61.3 Å². The number of rotatable bonds is 6. The SMILES string of the molecule is O=C(Nc1cccc(Oc2ccc3nc(NC(=O)C4CC4)cn3c2)c1)c1cnc[nH]1. The van der Waals surface area contributed by atoms with Crippen molar-refractivity contribution < 1.29 is 14.3 Å². The van der Waals surface area contributed by atoms with Gasteiger partial charge in [0.2, 0.25) is 5.91 Å². The van der Waals surface area contributed by atoms with Crippen molar-refractivity contribution in [2.45, 2.75) is 12.8 Å². The van der Waals surface area contributed by atoms with Crippen molar-refractivity contribution in [3.8, 4) is 11.5 Å². The maximum absolute atomic E-state index is 12.2. The molecule has 0 saturated heterocycles. The van der Waals surface area contributed by atoms with Crippen molar-refractivity contribution in [2.75, 3.05) is 10.6 Å². The molecule has 9 heteroatoms. The number of H-pyrrole nitrogens is 1. The van der Waals surface area contributed by atoms with Gasteiger partial charge in [-0.2, -0.15) is 0 Å². The third kappa shape index (κ3) is 3.86. The number of amides is 2. The summed E-state index contributed by atoms with van der Waals surface area (Å²) in [5.74, 6) is 1.53. The van der Waals surface area contributed by atoms with Gasteiger partial charge in [-0.1, -0.05) is 6.07 Å². The summed E-state index contributed by atoms with van der Waals surface area (Å²) < 4.78 is 7.72. The minimum Gasteiger partial charge on any atom is -0.456 e. The fourth-order valence-electron chi connectivity index (χ4n) is 3.02. The number of nitrogens with one attached hydrogen (secondary N) is 3. The maximum atomic E-state index is 12.2. The van der Waals surface area contributed by atoms with Gasteiger partial charge in [0.05, 0.1) is 24.9 Å². The number of pyridine rings is 1. The van der Waals surface area contributed by atoms with E-state index in [1.807, 2.05) is 6.07 Å². The first kappa shape index (κ1) is 17.9. The van der Waals surface area contributed by atoms with Gasteiger partial charge in [0.25, 0.3) is 5.91 Å². The Balaban J connectivity index is 1.30. The van der Waals surface area contributed by atoms with E-state index in [4.69, 9.17) is 4.74 Å². The molecule has 3 heterocycles. The molecule has 1 aliphatic carbocycles. The maximum Gasteiger partial charge on any atom is 0.273 e. The van der Waals surface area contributed by atoms with Crippen LogP contribution in [0.25, 0.3) is 5.65 Å². The second-order valence-corrected chi connectivity index (χ2v) is 7.07. The van der Waals surface area contributed by atoms with Gasteiger partial charge in [0, 0.05) is 17.7 Å². The van der Waals surface area contributed by atoms with Crippen molar-refractivity contribution in [3.05, 3.63) is 67.0 Å². The number of hydrogen-bond donors (Lipinski definition) is 3. The first-order valence-electron chi connectivity index (χ1n) is 9.51. The van der Waals surface area contributed by atoms with Gasteiger partial charge in [-0.3, -0.25) is 9.59 Å². The Hall–Kier alpha value is -4.14. The Kier molecular flexibility index (Phi) is 4.40. The van der Waals surface area contributed by atoms with Gasteiger partial charge >= 0.3 is 0 Å². The van der Waals surface area contributed by atoms with Crippen LogP contribution in [0.3, 0.4) is 0 Å². The summed E-state index contributed by atoms with van der Waals surface area (Å²) in [5, 5.41) is 5.63. The third-order valence-electron chi connectivity index (χ3n) is 4.69. The van der Waals surface area contributed by atoms with Crippen molar-refractivity contribution in [1.82, 2.24) is 19.4 Å². The lowest BCUT2D eigenvalue weighted by atomic mass is 10.3. The number of fused-ring (bicyclic) bond motifs is 1. The first-order valence-corrected chi connectivity index (χ1v) is 9.51. The van der Waals surface area contributed by atoms with E-state index in [2.05, 4.69) is 25.6 Å². The van der Waals surface area contributed by atoms with Crippen molar-refractivity contribution in [3.63, 3.8) is 0 Å². The zero-order chi connectivity index (χ0) is 20.5. The number of carbonyl (C=O) groups is 2. The van der Waals surface area contributed by atoms with E-state index >= 15 is 0 Å². The molecule has 0 atom stereocenters. The summed E-state index contributed by atoms with van der Waals surface area (Å²) in [6.45, 7) is 0. The second kappa shape index (κ2) is 7.36. The van der Waals surface area contributed by atoms with E-state index in [1.54, 1.807) is 47.1 Å². The van der Waals surface area contributed by atoms with E-state index in [0.29, 0.717) is 34.3 Å². The largest absolute Gasteiger partial charge is 0.456 e. The molecular weight excluding hydrogens is 384 g/mol. The highest BCUT2D eigenvalue weighted by Crippen LogP contribution is 2.30. The van der Waals surface area contributed by atoms with Crippen LogP contribution in [-0.4, -0.2) is 31.2 Å². The van der Waals surface area contributed by atoms with Gasteiger partial charge in [-0.25, -0.2) is 9.97 Å². The lowest BCUT2D eigenvalue weighted by Gasteiger charge is -2.09. The average Bonchev–Trinajstić information content (AvgIpc) is 3.29. The molecule has 0 unspecified atom stereocenters. The fourth-order valence-corrected chi connectivity index (χ4v) is 3.02. The molecule has 1 saturated carbocycles. The van der Waals surface area contributed by atoms with Gasteiger partial charge in [-0.15, -0.1) is 0 Å². The molecule has 0 bridgehead atoms. The quantitative estimate of drug-likeness (QED) is 0.457. The monoisotopic (exact) mass is 402 g/mol. The molecule has 4 aromatic rings. The van der Waals surface area contributed by atoms with Crippen molar-refractivity contribution in [2.24, 2.45) is 5.92 Å². The number of hydrogen-bond acceptors (Lipinski definition) is 5. The Morgan fingerprint density at radius 3 is 2.80 bits per heavy atom. The molecule has 3 N–H and O–H groups in total. The minimum absolute atomic E-state index is 0.0175. The van der Waals surface area contributed by atoms with Crippen LogP contribution in [0, 0.1) is 5.92 Å². The van der Waals surface area contributed by atoms with Crippen molar-refractivity contribution in [1.29, 1.82) is 0 Å². The van der Waals surface area contributed by atoms with E-state index in [9.17, 15) is 9.59 Å². The van der Waals surface area contributed by atoms with Crippen LogP contribution in [0.1, 0.15) is 23.3 Å². The third-order valence-corrected chi connectivity index (χ3v) is 4.69. The van der Waals surface area contributed by atoms with E-state index in [0.717, 1.165) is 12.8 Å². The molecule has 0 aliphatic heterocycles. The smallest absolute Gasteiger partial charge is 0.273 e. The van der Waals surface area contributed by atoms with Gasteiger partial charge in [-0.05, 0) is 37.1 Å². The predicted octanol–water partition coefficient (Wildman–Crippen LogP) is 3.45. The lowest BCUT2D eigenvalue weighted by Crippen LogP contribution is -2.13. The minimum atomic E-state index is -0.287. The molecular formula is C21H18N6O3. The number of imidazole rings is 2. The molecule has 5 rings (SSSR count). The number of ether oxygens (including phenoxy) is 1. The molecule has 9 nitrogen and oxygen atoms in total.